The van der Waals surface area contributed by atoms with Gasteiger partial charge in [-0.3, -0.25) is 9.36 Å². The zero-order chi connectivity index (χ0) is 24.5. The first-order chi connectivity index (χ1) is 16.9. The van der Waals surface area contributed by atoms with Crippen molar-refractivity contribution < 1.29 is 4.79 Å². The number of aryl methyl sites for hydroxylation is 2. The lowest BCUT2D eigenvalue weighted by Gasteiger charge is -2.13. The maximum atomic E-state index is 12.7. The summed E-state index contributed by atoms with van der Waals surface area (Å²) in [7, 11) is 0. The summed E-state index contributed by atoms with van der Waals surface area (Å²) >= 11 is 4.52. The molecule has 9 heteroatoms. The minimum atomic E-state index is -0.114. The molecule has 2 aromatic carbocycles. The number of thiazole rings is 1. The third-order valence-corrected chi connectivity index (χ3v) is 8.45. The van der Waals surface area contributed by atoms with Crippen LogP contribution in [0.25, 0.3) is 32.7 Å². The Hall–Kier alpha value is -3.01. The number of fused-ring (bicyclic) bond motifs is 1. The Kier molecular flexibility index (Phi) is 6.73. The highest BCUT2D eigenvalue weighted by Crippen LogP contribution is 2.36. The van der Waals surface area contributed by atoms with Crippen molar-refractivity contribution >= 4 is 55.6 Å². The number of amides is 1. The predicted octanol–water partition coefficient (Wildman–Crippen LogP) is 7.21. The molecular formula is C26H25N5OS3. The molecule has 5 rings (SSSR count). The Labute approximate surface area is 216 Å². The first kappa shape index (κ1) is 23.7. The highest BCUT2D eigenvalue weighted by Gasteiger charge is 2.20. The van der Waals surface area contributed by atoms with Gasteiger partial charge in [-0.1, -0.05) is 42.1 Å². The van der Waals surface area contributed by atoms with Gasteiger partial charge in [0.05, 0.1) is 11.4 Å². The Morgan fingerprint density at radius 1 is 1.06 bits per heavy atom. The molecule has 6 nitrogen and oxygen atoms in total. The van der Waals surface area contributed by atoms with Gasteiger partial charge in [-0.25, -0.2) is 4.98 Å². The van der Waals surface area contributed by atoms with Crippen LogP contribution in [0.15, 0.2) is 58.4 Å². The van der Waals surface area contributed by atoms with Gasteiger partial charge in [-0.2, -0.15) is 0 Å². The van der Waals surface area contributed by atoms with E-state index in [1.54, 1.807) is 11.3 Å². The molecule has 0 aliphatic heterocycles. The quantitative estimate of drug-likeness (QED) is 0.230. The van der Waals surface area contributed by atoms with Crippen LogP contribution in [0.1, 0.15) is 31.0 Å². The number of hydrogen-bond donors (Lipinski definition) is 1. The molecular weight excluding hydrogens is 495 g/mol. The van der Waals surface area contributed by atoms with E-state index in [1.807, 2.05) is 17.5 Å². The summed E-state index contributed by atoms with van der Waals surface area (Å²) in [4.78, 5) is 17.3. The zero-order valence-corrected chi connectivity index (χ0v) is 22.4. The summed E-state index contributed by atoms with van der Waals surface area (Å²) in [6, 6.07) is 14.7. The van der Waals surface area contributed by atoms with E-state index in [1.165, 1.54) is 44.3 Å². The first-order valence-electron chi connectivity index (χ1n) is 11.3. The number of carbonyl (C=O) groups is 1. The van der Waals surface area contributed by atoms with Gasteiger partial charge >= 0.3 is 0 Å². The van der Waals surface area contributed by atoms with Crippen LogP contribution in [-0.2, 0) is 4.79 Å². The summed E-state index contributed by atoms with van der Waals surface area (Å²) < 4.78 is 3.33. The number of anilines is 1. The molecule has 0 aliphatic rings. The van der Waals surface area contributed by atoms with Gasteiger partial charge in [0.2, 0.25) is 5.91 Å². The fourth-order valence-electron chi connectivity index (χ4n) is 3.83. The second-order valence-electron chi connectivity index (χ2n) is 8.59. The van der Waals surface area contributed by atoms with Crippen LogP contribution in [0.5, 0.6) is 0 Å². The molecule has 1 amide bonds. The fraction of sp³-hybridized carbons (Fsp3) is 0.231. The third kappa shape index (κ3) is 4.89. The molecule has 0 radical (unpaired) electrons. The lowest BCUT2D eigenvalue weighted by molar-refractivity contribution is -0.113. The number of nitrogens with zero attached hydrogens (tertiary/aromatic N) is 4. The topological polar surface area (TPSA) is 72.7 Å². The molecule has 0 aliphatic carbocycles. The van der Waals surface area contributed by atoms with Crippen LogP contribution < -0.4 is 5.32 Å². The first-order valence-corrected chi connectivity index (χ1v) is 14.0. The van der Waals surface area contributed by atoms with Gasteiger partial charge in [0.25, 0.3) is 0 Å². The van der Waals surface area contributed by atoms with Gasteiger partial charge in [0, 0.05) is 38.0 Å². The average molecular weight is 520 g/mol. The van der Waals surface area contributed by atoms with Gasteiger partial charge in [-0.15, -0.1) is 32.9 Å². The summed E-state index contributed by atoms with van der Waals surface area (Å²) in [6.07, 6.45) is 0. The van der Waals surface area contributed by atoms with E-state index in [0.29, 0.717) is 5.13 Å². The third-order valence-electron chi connectivity index (χ3n) is 5.79. The van der Waals surface area contributed by atoms with Gasteiger partial charge < -0.3 is 5.32 Å². The van der Waals surface area contributed by atoms with Gasteiger partial charge in [0.15, 0.2) is 16.1 Å². The highest BCUT2D eigenvalue weighted by molar-refractivity contribution is 7.99. The smallest absolute Gasteiger partial charge is 0.236 e. The van der Waals surface area contributed by atoms with Crippen molar-refractivity contribution in [3.63, 3.8) is 0 Å². The molecule has 3 heterocycles. The standard InChI is InChI=1S/C26H25N5OS3/c1-15(2)31-24(20-12-33-22-8-6-5-7-19(20)22)29-30-26(31)35-14-23(32)28-25-27-21(13-34-25)18-10-9-16(3)17(4)11-18/h5-13,15H,14H2,1-4H3,(H,27,28,32). The fourth-order valence-corrected chi connectivity index (χ4v) is 6.37. The molecule has 3 aromatic heterocycles. The second-order valence-corrected chi connectivity index (χ2v) is 11.3. The molecule has 0 saturated carbocycles. The van der Waals surface area contributed by atoms with E-state index in [9.17, 15) is 4.79 Å². The largest absolute Gasteiger partial charge is 0.301 e. The Morgan fingerprint density at radius 3 is 2.69 bits per heavy atom. The summed E-state index contributed by atoms with van der Waals surface area (Å²) in [5.41, 5.74) is 5.47. The number of thiophene rings is 1. The van der Waals surface area contributed by atoms with E-state index >= 15 is 0 Å². The SMILES string of the molecule is Cc1ccc(-c2csc(NC(=O)CSc3nnc(-c4csc5ccccc45)n3C(C)C)n2)cc1C. The summed E-state index contributed by atoms with van der Waals surface area (Å²) in [5, 5.41) is 18.5. The predicted molar refractivity (Wildman–Crippen MR) is 148 cm³/mol. The molecule has 5 aromatic rings. The van der Waals surface area contributed by atoms with E-state index in [-0.39, 0.29) is 17.7 Å². The van der Waals surface area contributed by atoms with Crippen molar-refractivity contribution in [3.8, 4) is 22.6 Å². The maximum Gasteiger partial charge on any atom is 0.236 e. The molecule has 0 unspecified atom stereocenters. The van der Waals surface area contributed by atoms with Crippen molar-refractivity contribution in [2.24, 2.45) is 0 Å². The average Bonchev–Trinajstić information content (AvgIpc) is 3.57. The van der Waals surface area contributed by atoms with Crippen molar-refractivity contribution in [2.75, 3.05) is 11.1 Å². The molecule has 35 heavy (non-hydrogen) atoms. The van der Waals surface area contributed by atoms with Crippen molar-refractivity contribution in [3.05, 3.63) is 64.4 Å². The molecule has 178 valence electrons. The van der Waals surface area contributed by atoms with Crippen LogP contribution in [-0.4, -0.2) is 31.4 Å². The minimum Gasteiger partial charge on any atom is -0.301 e. The minimum absolute atomic E-state index is 0.114. The summed E-state index contributed by atoms with van der Waals surface area (Å²) in [5.74, 6) is 0.948. The lowest BCUT2D eigenvalue weighted by Crippen LogP contribution is -2.15. The molecule has 0 saturated heterocycles. The van der Waals surface area contributed by atoms with E-state index in [0.717, 1.165) is 27.8 Å². The molecule has 1 N–H and O–H groups in total. The van der Waals surface area contributed by atoms with Crippen LogP contribution in [0.2, 0.25) is 0 Å². The normalized spacial score (nSPS) is 11.5. The monoisotopic (exact) mass is 519 g/mol. The second kappa shape index (κ2) is 9.93. The molecule has 0 fully saturated rings. The Bertz CT molecular complexity index is 1510. The Balaban J connectivity index is 1.29. The highest BCUT2D eigenvalue weighted by atomic mass is 32.2. The van der Waals surface area contributed by atoms with Gasteiger partial charge in [0.1, 0.15) is 0 Å². The van der Waals surface area contributed by atoms with Crippen LogP contribution in [0.3, 0.4) is 0 Å². The van der Waals surface area contributed by atoms with E-state index in [4.69, 9.17) is 0 Å². The Morgan fingerprint density at radius 2 is 1.89 bits per heavy atom. The number of thioether (sulfide) groups is 1. The lowest BCUT2D eigenvalue weighted by atomic mass is 10.1. The van der Waals surface area contributed by atoms with E-state index in [2.05, 4.69) is 88.5 Å². The molecule has 0 atom stereocenters. The number of aromatic nitrogens is 4. The number of carbonyl (C=O) groups excluding carboxylic acids is 1. The summed E-state index contributed by atoms with van der Waals surface area (Å²) in [6.45, 7) is 8.40. The van der Waals surface area contributed by atoms with Crippen LogP contribution in [0.4, 0.5) is 5.13 Å². The van der Waals surface area contributed by atoms with E-state index < -0.39 is 0 Å². The number of nitrogens with one attached hydrogen (secondary N) is 1. The molecule has 0 bridgehead atoms. The maximum absolute atomic E-state index is 12.7. The number of hydrogen-bond acceptors (Lipinski definition) is 7. The number of benzene rings is 2. The van der Waals surface area contributed by atoms with Crippen LogP contribution in [0, 0.1) is 13.8 Å². The molecule has 0 spiro atoms. The zero-order valence-electron chi connectivity index (χ0n) is 19.9. The van der Waals surface area contributed by atoms with Crippen molar-refractivity contribution in [1.29, 1.82) is 0 Å². The van der Waals surface area contributed by atoms with Gasteiger partial charge in [-0.05, 0) is 51.0 Å². The number of rotatable bonds is 7. The van der Waals surface area contributed by atoms with Crippen molar-refractivity contribution in [2.45, 2.75) is 38.9 Å². The van der Waals surface area contributed by atoms with Crippen LogP contribution >= 0.6 is 34.4 Å². The van der Waals surface area contributed by atoms with Crippen molar-refractivity contribution in [1.82, 2.24) is 19.7 Å².